The summed E-state index contributed by atoms with van der Waals surface area (Å²) in [5, 5.41) is 2.70. The number of nitrogens with zero attached hydrogens (tertiary/aromatic N) is 1. The Balaban J connectivity index is 1.29. The molecule has 1 aliphatic carbocycles. The lowest BCUT2D eigenvalue weighted by Gasteiger charge is -2.44. The standard InChI is InChI=1S/C26H28N2O4S/c29-20(16-18-10-4-1-5-11-18)27-21-23(30)28-22(25(31)32-17-19-12-6-2-7-13-19)26(33-24(21)28)14-8-3-9-15-26/h1-2,4-7,10-13,21-22,24H,3,8-9,14-17H2,(H,27,29)/t21?,22?,24-/m0/s1. The molecule has 7 heteroatoms. The highest BCUT2D eigenvalue weighted by Gasteiger charge is 2.67. The molecule has 2 saturated heterocycles. The Hall–Kier alpha value is -2.80. The molecule has 2 heterocycles. The molecule has 0 bridgehead atoms. The van der Waals surface area contributed by atoms with Crippen LogP contribution in [-0.2, 0) is 32.1 Å². The second kappa shape index (κ2) is 9.21. The maximum absolute atomic E-state index is 13.3. The van der Waals surface area contributed by atoms with Crippen LogP contribution in [0.25, 0.3) is 0 Å². The fourth-order valence-electron chi connectivity index (χ4n) is 5.26. The van der Waals surface area contributed by atoms with E-state index >= 15 is 0 Å². The highest BCUT2D eigenvalue weighted by atomic mass is 32.2. The highest BCUT2D eigenvalue weighted by molar-refractivity contribution is 8.01. The molecule has 0 aromatic heterocycles. The summed E-state index contributed by atoms with van der Waals surface area (Å²) in [6, 6.07) is 17.9. The molecular formula is C26H28N2O4S. The number of rotatable bonds is 6. The molecule has 1 N–H and O–H groups in total. The van der Waals surface area contributed by atoms with Crippen LogP contribution in [0.1, 0.15) is 43.2 Å². The van der Waals surface area contributed by atoms with Gasteiger partial charge in [0.2, 0.25) is 11.8 Å². The van der Waals surface area contributed by atoms with Gasteiger partial charge in [0, 0.05) is 4.75 Å². The molecule has 6 nitrogen and oxygen atoms in total. The van der Waals surface area contributed by atoms with Crippen molar-refractivity contribution in [3.8, 4) is 0 Å². The van der Waals surface area contributed by atoms with E-state index in [0.717, 1.165) is 43.2 Å². The monoisotopic (exact) mass is 464 g/mol. The van der Waals surface area contributed by atoms with Gasteiger partial charge in [-0.15, -0.1) is 11.8 Å². The summed E-state index contributed by atoms with van der Waals surface area (Å²) < 4.78 is 5.37. The number of hydrogen-bond donors (Lipinski definition) is 1. The van der Waals surface area contributed by atoms with E-state index in [0.29, 0.717) is 0 Å². The van der Waals surface area contributed by atoms with E-state index in [1.54, 1.807) is 16.7 Å². The zero-order chi connectivity index (χ0) is 22.8. The van der Waals surface area contributed by atoms with Gasteiger partial charge in [-0.05, 0) is 24.0 Å². The van der Waals surface area contributed by atoms with Crippen LogP contribution in [0, 0.1) is 0 Å². The molecule has 1 saturated carbocycles. The predicted octanol–water partition coefficient (Wildman–Crippen LogP) is 3.44. The number of hydrogen-bond acceptors (Lipinski definition) is 5. The second-order valence-electron chi connectivity index (χ2n) is 9.08. The first-order valence-corrected chi connectivity index (χ1v) is 12.5. The van der Waals surface area contributed by atoms with Crippen LogP contribution in [-0.4, -0.2) is 44.9 Å². The van der Waals surface area contributed by atoms with E-state index in [4.69, 9.17) is 4.74 Å². The summed E-state index contributed by atoms with van der Waals surface area (Å²) in [5.74, 6) is -0.691. The van der Waals surface area contributed by atoms with Gasteiger partial charge in [0.15, 0.2) is 0 Å². The Bertz CT molecular complexity index is 1020. The Morgan fingerprint density at radius 2 is 1.61 bits per heavy atom. The van der Waals surface area contributed by atoms with Crippen molar-refractivity contribution in [1.82, 2.24) is 10.2 Å². The van der Waals surface area contributed by atoms with Crippen LogP contribution in [0.3, 0.4) is 0 Å². The van der Waals surface area contributed by atoms with Crippen molar-refractivity contribution in [2.45, 2.75) is 67.3 Å². The smallest absolute Gasteiger partial charge is 0.330 e. The summed E-state index contributed by atoms with van der Waals surface area (Å²) >= 11 is 1.69. The van der Waals surface area contributed by atoms with Crippen LogP contribution >= 0.6 is 11.8 Å². The number of β-lactam (4-membered cyclic amide) rings is 1. The minimum atomic E-state index is -0.591. The van der Waals surface area contributed by atoms with E-state index in [2.05, 4.69) is 5.32 Å². The lowest BCUT2D eigenvalue weighted by molar-refractivity contribution is -0.166. The average Bonchev–Trinajstić information content (AvgIpc) is 3.13. The first kappa shape index (κ1) is 22.0. The minimum absolute atomic E-state index is 0.174. The molecule has 172 valence electrons. The van der Waals surface area contributed by atoms with E-state index < -0.39 is 12.1 Å². The molecule has 3 atom stereocenters. The number of benzene rings is 2. The van der Waals surface area contributed by atoms with Gasteiger partial charge in [-0.25, -0.2) is 4.79 Å². The molecule has 33 heavy (non-hydrogen) atoms. The zero-order valence-corrected chi connectivity index (χ0v) is 19.3. The van der Waals surface area contributed by atoms with Crippen molar-refractivity contribution in [3.05, 3.63) is 71.8 Å². The summed E-state index contributed by atoms with van der Waals surface area (Å²) in [5.41, 5.74) is 1.83. The number of esters is 1. The third-order valence-electron chi connectivity index (χ3n) is 6.88. The molecule has 3 aliphatic rings. The number of thioether (sulfide) groups is 1. The van der Waals surface area contributed by atoms with Gasteiger partial charge in [-0.2, -0.15) is 0 Å². The van der Waals surface area contributed by atoms with Crippen molar-refractivity contribution in [2.75, 3.05) is 0 Å². The summed E-state index contributed by atoms with van der Waals surface area (Å²) in [6.45, 7) is 0.195. The minimum Gasteiger partial charge on any atom is -0.459 e. The largest absolute Gasteiger partial charge is 0.459 e. The zero-order valence-electron chi connectivity index (χ0n) is 18.4. The SMILES string of the molecule is O=C(Cc1ccccc1)NC1C(=O)N2C(C(=O)OCc3ccccc3)C3(CCCCC3)S[C@@H]12. The van der Waals surface area contributed by atoms with E-state index in [1.807, 2.05) is 60.7 Å². The van der Waals surface area contributed by atoms with Crippen LogP contribution in [0.2, 0.25) is 0 Å². The molecule has 2 aromatic rings. The molecule has 5 rings (SSSR count). The predicted molar refractivity (Wildman–Crippen MR) is 126 cm³/mol. The van der Waals surface area contributed by atoms with Gasteiger partial charge in [0.1, 0.15) is 24.1 Å². The van der Waals surface area contributed by atoms with Crippen LogP contribution in [0.15, 0.2) is 60.7 Å². The quantitative estimate of drug-likeness (QED) is 0.524. The molecule has 2 aromatic carbocycles. The van der Waals surface area contributed by atoms with Crippen LogP contribution in [0.4, 0.5) is 0 Å². The molecule has 1 spiro atoms. The fraction of sp³-hybridized carbons (Fsp3) is 0.423. The summed E-state index contributed by atoms with van der Waals surface area (Å²) in [7, 11) is 0. The first-order chi connectivity index (χ1) is 16.1. The molecule has 2 unspecified atom stereocenters. The lowest BCUT2D eigenvalue weighted by atomic mass is 9.81. The van der Waals surface area contributed by atoms with E-state index in [9.17, 15) is 14.4 Å². The number of nitrogens with one attached hydrogen (secondary N) is 1. The second-order valence-corrected chi connectivity index (χ2v) is 10.6. The topological polar surface area (TPSA) is 75.7 Å². The maximum Gasteiger partial charge on any atom is 0.330 e. The van der Waals surface area contributed by atoms with Gasteiger partial charge < -0.3 is 15.0 Å². The van der Waals surface area contributed by atoms with Crippen molar-refractivity contribution >= 4 is 29.5 Å². The number of fused-ring (bicyclic) bond motifs is 1. The Morgan fingerprint density at radius 3 is 2.27 bits per heavy atom. The summed E-state index contributed by atoms with van der Waals surface area (Å²) in [4.78, 5) is 40.7. The summed E-state index contributed by atoms with van der Waals surface area (Å²) in [6.07, 6.45) is 5.21. The van der Waals surface area contributed by atoms with Crippen LogP contribution in [0.5, 0.6) is 0 Å². The van der Waals surface area contributed by atoms with E-state index in [1.165, 1.54) is 0 Å². The molecule has 0 radical (unpaired) electrons. The van der Waals surface area contributed by atoms with Gasteiger partial charge in [-0.1, -0.05) is 79.9 Å². The van der Waals surface area contributed by atoms with Gasteiger partial charge >= 0.3 is 5.97 Å². The molecule has 2 aliphatic heterocycles. The Kier molecular flexibility index (Phi) is 6.15. The van der Waals surface area contributed by atoms with Crippen molar-refractivity contribution in [1.29, 1.82) is 0 Å². The van der Waals surface area contributed by atoms with Crippen molar-refractivity contribution < 1.29 is 19.1 Å². The Labute approximate surface area is 198 Å². The third-order valence-corrected chi connectivity index (χ3v) is 8.72. The fourth-order valence-corrected chi connectivity index (χ4v) is 7.26. The Morgan fingerprint density at radius 1 is 0.970 bits per heavy atom. The van der Waals surface area contributed by atoms with Gasteiger partial charge in [0.05, 0.1) is 6.42 Å². The van der Waals surface area contributed by atoms with Gasteiger partial charge in [-0.3, -0.25) is 9.59 Å². The molecule has 2 amide bonds. The number of ether oxygens (including phenoxy) is 1. The van der Waals surface area contributed by atoms with E-state index in [-0.39, 0.29) is 40.9 Å². The van der Waals surface area contributed by atoms with Crippen LogP contribution < -0.4 is 5.32 Å². The van der Waals surface area contributed by atoms with Crippen molar-refractivity contribution in [2.24, 2.45) is 0 Å². The first-order valence-electron chi connectivity index (χ1n) is 11.6. The number of amides is 2. The maximum atomic E-state index is 13.3. The lowest BCUT2D eigenvalue weighted by Crippen LogP contribution is -2.71. The molecule has 3 fully saturated rings. The van der Waals surface area contributed by atoms with Gasteiger partial charge in [0.25, 0.3) is 0 Å². The molecular weight excluding hydrogens is 436 g/mol. The normalized spacial score (nSPS) is 25.3. The third kappa shape index (κ3) is 4.26. The van der Waals surface area contributed by atoms with Crippen molar-refractivity contribution in [3.63, 3.8) is 0 Å². The number of carbonyl (C=O) groups is 3. The average molecular weight is 465 g/mol. The highest BCUT2D eigenvalue weighted by Crippen LogP contribution is 2.57. The number of carbonyl (C=O) groups excluding carboxylic acids is 3.